The normalized spacial score (nSPS) is 11.0. The molecule has 142 valence electrons. The summed E-state index contributed by atoms with van der Waals surface area (Å²) in [6, 6.07) is 10.1. The summed E-state index contributed by atoms with van der Waals surface area (Å²) < 4.78 is 5.89. The first-order chi connectivity index (χ1) is 12.9. The van der Waals surface area contributed by atoms with Crippen LogP contribution in [0.2, 0.25) is 0 Å². The lowest BCUT2D eigenvalue weighted by atomic mass is 10.1. The van der Waals surface area contributed by atoms with Crippen molar-refractivity contribution in [2.45, 2.75) is 46.9 Å². The zero-order chi connectivity index (χ0) is 19.4. The van der Waals surface area contributed by atoms with Crippen LogP contribution in [0.3, 0.4) is 0 Å². The average Bonchev–Trinajstić information content (AvgIpc) is 3.28. The van der Waals surface area contributed by atoms with Gasteiger partial charge in [-0.2, -0.15) is 0 Å². The third-order valence-electron chi connectivity index (χ3n) is 4.11. The highest BCUT2D eigenvalue weighted by atomic mass is 32.1. The fourth-order valence-corrected chi connectivity index (χ4v) is 4.23. The van der Waals surface area contributed by atoms with E-state index >= 15 is 0 Å². The van der Waals surface area contributed by atoms with Gasteiger partial charge in [-0.15, -0.1) is 22.7 Å². The lowest BCUT2D eigenvalue weighted by Gasteiger charge is -2.25. The van der Waals surface area contributed by atoms with Gasteiger partial charge in [0.2, 0.25) is 0 Å². The van der Waals surface area contributed by atoms with E-state index in [0.29, 0.717) is 13.2 Å². The van der Waals surface area contributed by atoms with Crippen molar-refractivity contribution in [2.24, 2.45) is 0 Å². The first kappa shape index (κ1) is 19.6. The number of thiophene rings is 1. The van der Waals surface area contributed by atoms with Crippen LogP contribution in [0.1, 0.15) is 45.3 Å². The largest absolute Gasteiger partial charge is 0.486 e. The SMILES string of the molecule is Cc1cc(C)cc(OCc2nc(CN(C(=O)c3cccs3)C(C)C)cs2)c1. The highest BCUT2D eigenvalue weighted by Crippen LogP contribution is 2.21. The van der Waals surface area contributed by atoms with Crippen LogP contribution in [0.15, 0.2) is 41.1 Å². The van der Waals surface area contributed by atoms with Crippen LogP contribution >= 0.6 is 22.7 Å². The molecule has 0 bridgehead atoms. The van der Waals surface area contributed by atoms with Crippen molar-refractivity contribution in [3.8, 4) is 5.75 Å². The predicted molar refractivity (Wildman–Crippen MR) is 112 cm³/mol. The van der Waals surface area contributed by atoms with Crippen molar-refractivity contribution in [1.29, 1.82) is 0 Å². The van der Waals surface area contributed by atoms with Crippen LogP contribution in [0.4, 0.5) is 0 Å². The molecule has 1 amide bonds. The molecule has 1 aromatic carbocycles. The summed E-state index contributed by atoms with van der Waals surface area (Å²) in [5, 5.41) is 4.85. The summed E-state index contributed by atoms with van der Waals surface area (Å²) >= 11 is 3.04. The molecule has 4 nitrogen and oxygen atoms in total. The van der Waals surface area contributed by atoms with Gasteiger partial charge in [-0.3, -0.25) is 4.79 Å². The molecule has 6 heteroatoms. The number of ether oxygens (including phenoxy) is 1. The van der Waals surface area contributed by atoms with E-state index in [9.17, 15) is 4.79 Å². The molecule has 0 N–H and O–H groups in total. The summed E-state index contributed by atoms with van der Waals surface area (Å²) in [5.41, 5.74) is 3.27. The molecule has 0 spiro atoms. The summed E-state index contributed by atoms with van der Waals surface area (Å²) in [7, 11) is 0. The molecule has 2 aromatic heterocycles. The zero-order valence-electron chi connectivity index (χ0n) is 16.1. The van der Waals surface area contributed by atoms with E-state index in [1.807, 2.05) is 53.8 Å². The van der Waals surface area contributed by atoms with E-state index in [1.54, 1.807) is 11.3 Å². The second-order valence-electron chi connectivity index (χ2n) is 6.85. The number of hydrogen-bond acceptors (Lipinski definition) is 5. The molecule has 0 aliphatic rings. The summed E-state index contributed by atoms with van der Waals surface area (Å²) in [6.45, 7) is 9.13. The summed E-state index contributed by atoms with van der Waals surface area (Å²) in [4.78, 5) is 20.0. The molecular formula is C21H24N2O2S2. The topological polar surface area (TPSA) is 42.4 Å². The minimum Gasteiger partial charge on any atom is -0.486 e. The Hall–Kier alpha value is -2.18. The van der Waals surface area contributed by atoms with Gasteiger partial charge in [-0.05, 0) is 62.4 Å². The molecule has 0 aliphatic carbocycles. The van der Waals surface area contributed by atoms with Gasteiger partial charge < -0.3 is 9.64 Å². The Morgan fingerprint density at radius 2 is 1.93 bits per heavy atom. The van der Waals surface area contributed by atoms with Gasteiger partial charge >= 0.3 is 0 Å². The second-order valence-corrected chi connectivity index (χ2v) is 8.74. The van der Waals surface area contributed by atoms with Crippen molar-refractivity contribution in [1.82, 2.24) is 9.88 Å². The van der Waals surface area contributed by atoms with Crippen LogP contribution < -0.4 is 4.74 Å². The fraction of sp³-hybridized carbons (Fsp3) is 0.333. The molecule has 0 fully saturated rings. The number of aromatic nitrogens is 1. The van der Waals surface area contributed by atoms with Gasteiger partial charge in [0.1, 0.15) is 17.4 Å². The highest BCUT2D eigenvalue weighted by molar-refractivity contribution is 7.12. The fourth-order valence-electron chi connectivity index (χ4n) is 2.85. The molecule has 2 heterocycles. The Morgan fingerprint density at radius 1 is 1.19 bits per heavy atom. The molecule has 27 heavy (non-hydrogen) atoms. The summed E-state index contributed by atoms with van der Waals surface area (Å²) in [5.74, 6) is 0.918. The number of thiazole rings is 1. The number of rotatable bonds is 7. The van der Waals surface area contributed by atoms with Crippen LogP contribution in [0.25, 0.3) is 0 Å². The number of amides is 1. The smallest absolute Gasteiger partial charge is 0.264 e. The van der Waals surface area contributed by atoms with E-state index in [-0.39, 0.29) is 11.9 Å². The second kappa shape index (κ2) is 8.67. The molecule has 3 rings (SSSR count). The van der Waals surface area contributed by atoms with Gasteiger partial charge in [0.15, 0.2) is 0 Å². The maximum absolute atomic E-state index is 12.7. The van der Waals surface area contributed by atoms with E-state index in [0.717, 1.165) is 21.3 Å². The Labute approximate surface area is 168 Å². The maximum Gasteiger partial charge on any atom is 0.264 e. The monoisotopic (exact) mass is 400 g/mol. The van der Waals surface area contributed by atoms with Crippen LogP contribution in [-0.4, -0.2) is 21.8 Å². The molecular weight excluding hydrogens is 376 g/mol. The number of carbonyl (C=O) groups is 1. The minimum absolute atomic E-state index is 0.0565. The Bertz CT molecular complexity index is 881. The molecule has 0 saturated heterocycles. The van der Waals surface area contributed by atoms with E-state index in [2.05, 4.69) is 24.9 Å². The molecule has 0 atom stereocenters. The van der Waals surface area contributed by atoms with Gasteiger partial charge in [0.05, 0.1) is 17.1 Å². The zero-order valence-corrected chi connectivity index (χ0v) is 17.7. The van der Waals surface area contributed by atoms with Crippen molar-refractivity contribution in [3.63, 3.8) is 0 Å². The quantitative estimate of drug-likeness (QED) is 0.529. The van der Waals surface area contributed by atoms with Crippen LogP contribution in [0, 0.1) is 13.8 Å². The first-order valence-electron chi connectivity index (χ1n) is 8.91. The number of carbonyl (C=O) groups excluding carboxylic acids is 1. The van der Waals surface area contributed by atoms with Gasteiger partial charge in [0.25, 0.3) is 5.91 Å². The summed E-state index contributed by atoms with van der Waals surface area (Å²) in [6.07, 6.45) is 0. The number of benzene rings is 1. The molecule has 3 aromatic rings. The molecule has 0 saturated carbocycles. The standard InChI is InChI=1S/C21H24N2O2S2/c1-14(2)23(21(24)19-6-5-7-26-19)11-17-13-27-20(22-17)12-25-18-9-15(3)8-16(4)10-18/h5-10,13-14H,11-12H2,1-4H3. The van der Waals surface area contributed by atoms with Crippen LogP contribution in [-0.2, 0) is 13.2 Å². The van der Waals surface area contributed by atoms with Crippen molar-refractivity contribution >= 4 is 28.6 Å². The van der Waals surface area contributed by atoms with Crippen molar-refractivity contribution in [2.75, 3.05) is 0 Å². The third-order valence-corrected chi connectivity index (χ3v) is 5.83. The number of hydrogen-bond donors (Lipinski definition) is 0. The molecule has 0 aliphatic heterocycles. The van der Waals surface area contributed by atoms with Crippen LogP contribution in [0.5, 0.6) is 5.75 Å². The van der Waals surface area contributed by atoms with Gasteiger partial charge in [-0.1, -0.05) is 12.1 Å². The minimum atomic E-state index is 0.0565. The first-order valence-corrected chi connectivity index (χ1v) is 10.7. The van der Waals surface area contributed by atoms with E-state index in [4.69, 9.17) is 4.74 Å². The molecule has 0 radical (unpaired) electrons. The molecule has 0 unspecified atom stereocenters. The Balaban J connectivity index is 1.64. The Morgan fingerprint density at radius 3 is 2.56 bits per heavy atom. The lowest BCUT2D eigenvalue weighted by molar-refractivity contribution is 0.0693. The Kier molecular flexibility index (Phi) is 6.29. The third kappa shape index (κ3) is 5.17. The van der Waals surface area contributed by atoms with Crippen molar-refractivity contribution in [3.05, 3.63) is 67.8 Å². The number of nitrogens with zero attached hydrogens (tertiary/aromatic N) is 2. The maximum atomic E-state index is 12.7. The van der Waals surface area contributed by atoms with E-state index in [1.165, 1.54) is 22.5 Å². The number of aryl methyl sites for hydroxylation is 2. The average molecular weight is 401 g/mol. The van der Waals surface area contributed by atoms with Crippen molar-refractivity contribution < 1.29 is 9.53 Å². The lowest BCUT2D eigenvalue weighted by Crippen LogP contribution is -2.36. The van der Waals surface area contributed by atoms with E-state index < -0.39 is 0 Å². The van der Waals surface area contributed by atoms with Gasteiger partial charge in [-0.25, -0.2) is 4.98 Å². The highest BCUT2D eigenvalue weighted by Gasteiger charge is 2.21. The van der Waals surface area contributed by atoms with Gasteiger partial charge in [0, 0.05) is 11.4 Å². The predicted octanol–water partition coefficient (Wildman–Crippen LogP) is 5.45.